The van der Waals surface area contributed by atoms with Gasteiger partial charge in [0.1, 0.15) is 12.2 Å². The van der Waals surface area contributed by atoms with Crippen molar-refractivity contribution in [1.82, 2.24) is 34.9 Å². The molecule has 0 bridgehead atoms. The Balaban J connectivity index is 1.21. The Hall–Kier alpha value is -2.90. The van der Waals surface area contributed by atoms with Gasteiger partial charge < -0.3 is 15.2 Å². The number of benzene rings is 1. The van der Waals surface area contributed by atoms with Gasteiger partial charge in [-0.25, -0.2) is 19.4 Å². The second-order valence-corrected chi connectivity index (χ2v) is 6.27. The van der Waals surface area contributed by atoms with Gasteiger partial charge in [0.2, 0.25) is 0 Å². The number of hydrogen-bond donors (Lipinski definition) is 2. The van der Waals surface area contributed by atoms with E-state index in [0.717, 1.165) is 42.7 Å². The maximum absolute atomic E-state index is 12.0. The molecule has 0 saturated heterocycles. The van der Waals surface area contributed by atoms with Gasteiger partial charge in [-0.3, -0.25) is 0 Å². The molecule has 2 amide bonds. The Kier molecular flexibility index (Phi) is 4.32. The summed E-state index contributed by atoms with van der Waals surface area (Å²) in [5, 5.41) is 10.1. The molecule has 0 aliphatic carbocycles. The number of aromatic nitrogens is 5. The molecule has 2 aromatic heterocycles. The molecule has 1 atom stereocenters. The number of carbonyl (C=O) groups is 1. The Labute approximate surface area is 145 Å². The van der Waals surface area contributed by atoms with Crippen LogP contribution in [0.5, 0.6) is 0 Å². The third-order valence-electron chi connectivity index (χ3n) is 4.53. The second-order valence-electron chi connectivity index (χ2n) is 6.27. The number of aryl methyl sites for hydroxylation is 2. The van der Waals surface area contributed by atoms with Crippen LogP contribution >= 0.6 is 0 Å². The van der Waals surface area contributed by atoms with Crippen molar-refractivity contribution in [2.24, 2.45) is 0 Å². The number of nitrogens with one attached hydrogen (secondary N) is 2. The van der Waals surface area contributed by atoms with Crippen molar-refractivity contribution >= 4 is 17.1 Å². The van der Waals surface area contributed by atoms with E-state index < -0.39 is 0 Å². The van der Waals surface area contributed by atoms with Gasteiger partial charge in [0.25, 0.3) is 0 Å². The molecule has 8 nitrogen and oxygen atoms in total. The molecule has 1 aromatic carbocycles. The van der Waals surface area contributed by atoms with Crippen LogP contribution in [-0.2, 0) is 19.5 Å². The van der Waals surface area contributed by atoms with Crippen LogP contribution in [-0.4, -0.2) is 42.9 Å². The molecular weight excluding hydrogens is 318 g/mol. The van der Waals surface area contributed by atoms with Gasteiger partial charge in [-0.1, -0.05) is 12.1 Å². The summed E-state index contributed by atoms with van der Waals surface area (Å²) in [6, 6.07) is 8.04. The summed E-state index contributed by atoms with van der Waals surface area (Å²) in [7, 11) is 0. The van der Waals surface area contributed by atoms with Crippen molar-refractivity contribution in [1.29, 1.82) is 0 Å². The first-order valence-corrected chi connectivity index (χ1v) is 8.60. The molecule has 0 fully saturated rings. The number of urea groups is 1. The third kappa shape index (κ3) is 3.47. The zero-order valence-electron chi connectivity index (χ0n) is 13.9. The summed E-state index contributed by atoms with van der Waals surface area (Å²) >= 11 is 0. The highest BCUT2D eigenvalue weighted by Crippen LogP contribution is 2.12. The van der Waals surface area contributed by atoms with Crippen molar-refractivity contribution in [2.45, 2.75) is 38.4 Å². The molecular formula is C17H21N7O. The van der Waals surface area contributed by atoms with E-state index in [-0.39, 0.29) is 12.1 Å². The summed E-state index contributed by atoms with van der Waals surface area (Å²) in [6.45, 7) is 2.13. The second kappa shape index (κ2) is 6.92. The van der Waals surface area contributed by atoms with E-state index in [4.69, 9.17) is 0 Å². The minimum Gasteiger partial charge on any atom is -0.338 e. The maximum atomic E-state index is 12.0. The lowest BCUT2D eigenvalue weighted by molar-refractivity contribution is 0.231. The highest BCUT2D eigenvalue weighted by Gasteiger charge is 2.20. The summed E-state index contributed by atoms with van der Waals surface area (Å²) in [4.78, 5) is 20.6. The number of fused-ring (bicyclic) bond motifs is 2. The zero-order chi connectivity index (χ0) is 17.1. The molecule has 130 valence electrons. The van der Waals surface area contributed by atoms with Crippen LogP contribution < -0.4 is 10.6 Å². The number of nitrogens with zero attached hydrogens (tertiary/aromatic N) is 5. The van der Waals surface area contributed by atoms with Crippen molar-refractivity contribution in [2.75, 3.05) is 6.54 Å². The van der Waals surface area contributed by atoms with Gasteiger partial charge >= 0.3 is 6.03 Å². The Bertz CT molecular complexity index is 869. The summed E-state index contributed by atoms with van der Waals surface area (Å²) < 4.78 is 3.97. The van der Waals surface area contributed by atoms with E-state index in [9.17, 15) is 4.79 Å². The van der Waals surface area contributed by atoms with Crippen molar-refractivity contribution < 1.29 is 4.79 Å². The predicted octanol–water partition coefficient (Wildman–Crippen LogP) is 1.33. The average molecular weight is 339 g/mol. The topological polar surface area (TPSA) is 89.7 Å². The van der Waals surface area contributed by atoms with E-state index in [1.54, 1.807) is 6.33 Å². The smallest absolute Gasteiger partial charge is 0.315 e. The maximum Gasteiger partial charge on any atom is 0.315 e. The van der Waals surface area contributed by atoms with E-state index in [1.807, 2.05) is 29.2 Å². The molecule has 0 unspecified atom stereocenters. The molecule has 25 heavy (non-hydrogen) atoms. The molecule has 0 saturated carbocycles. The van der Waals surface area contributed by atoms with Gasteiger partial charge in [0.05, 0.1) is 29.9 Å². The Morgan fingerprint density at radius 3 is 3.16 bits per heavy atom. The van der Waals surface area contributed by atoms with Gasteiger partial charge in [-0.05, 0) is 25.0 Å². The monoisotopic (exact) mass is 339 g/mol. The van der Waals surface area contributed by atoms with E-state index >= 15 is 0 Å². The van der Waals surface area contributed by atoms with Crippen LogP contribution in [0.3, 0.4) is 0 Å². The SMILES string of the molecule is O=C(NCCCn1cnc2ccccc21)N[C@H]1CCc2ncnn2C1. The van der Waals surface area contributed by atoms with Gasteiger partial charge in [0, 0.05) is 19.5 Å². The standard InChI is InChI=1S/C17H21N7O/c25-17(22-13-6-7-16-19-11-21-24(16)10-13)18-8-3-9-23-12-20-14-4-1-2-5-15(14)23/h1-2,4-5,11-13H,3,6-10H2,(H2,18,22,25)/t13-/m0/s1. The largest absolute Gasteiger partial charge is 0.338 e. The molecule has 8 heteroatoms. The first-order valence-electron chi connectivity index (χ1n) is 8.60. The highest BCUT2D eigenvalue weighted by atomic mass is 16.2. The van der Waals surface area contributed by atoms with Crippen LogP contribution in [0.25, 0.3) is 11.0 Å². The highest BCUT2D eigenvalue weighted by molar-refractivity contribution is 5.75. The van der Waals surface area contributed by atoms with Gasteiger partial charge in [-0.2, -0.15) is 5.10 Å². The van der Waals surface area contributed by atoms with Crippen molar-refractivity contribution in [3.8, 4) is 0 Å². The van der Waals surface area contributed by atoms with E-state index in [2.05, 4.69) is 36.3 Å². The first-order chi connectivity index (χ1) is 12.3. The number of hydrogen-bond acceptors (Lipinski definition) is 4. The lowest BCUT2D eigenvalue weighted by atomic mass is 10.1. The number of rotatable bonds is 5. The fourth-order valence-corrected chi connectivity index (χ4v) is 3.23. The van der Waals surface area contributed by atoms with Crippen LogP contribution in [0.1, 0.15) is 18.7 Å². The zero-order valence-corrected chi connectivity index (χ0v) is 13.9. The number of imidazole rings is 1. The predicted molar refractivity (Wildman–Crippen MR) is 93.0 cm³/mol. The molecule has 0 radical (unpaired) electrons. The van der Waals surface area contributed by atoms with E-state index in [0.29, 0.717) is 13.1 Å². The lowest BCUT2D eigenvalue weighted by Crippen LogP contribution is -2.46. The molecule has 1 aliphatic heterocycles. The molecule has 0 spiro atoms. The summed E-state index contributed by atoms with van der Waals surface area (Å²) in [5.74, 6) is 0.992. The number of carbonyl (C=O) groups excluding carboxylic acids is 1. The Morgan fingerprint density at radius 1 is 1.28 bits per heavy atom. The van der Waals surface area contributed by atoms with Gasteiger partial charge in [-0.15, -0.1) is 0 Å². The molecule has 3 heterocycles. The fraction of sp³-hybridized carbons (Fsp3) is 0.412. The van der Waals surface area contributed by atoms with Crippen molar-refractivity contribution in [3.05, 3.63) is 42.7 Å². The normalized spacial score (nSPS) is 16.6. The minimum atomic E-state index is -0.121. The quantitative estimate of drug-likeness (QED) is 0.686. The molecule has 4 rings (SSSR count). The van der Waals surface area contributed by atoms with Gasteiger partial charge in [0.15, 0.2) is 0 Å². The first kappa shape index (κ1) is 15.6. The van der Waals surface area contributed by atoms with E-state index in [1.165, 1.54) is 0 Å². The van der Waals surface area contributed by atoms with Crippen LogP contribution in [0, 0.1) is 0 Å². The average Bonchev–Trinajstić information content (AvgIpc) is 3.25. The lowest BCUT2D eigenvalue weighted by Gasteiger charge is -2.23. The molecule has 3 aromatic rings. The van der Waals surface area contributed by atoms with Crippen molar-refractivity contribution in [3.63, 3.8) is 0 Å². The Morgan fingerprint density at radius 2 is 2.20 bits per heavy atom. The number of para-hydroxylation sites is 2. The minimum absolute atomic E-state index is 0.104. The number of amides is 2. The van der Waals surface area contributed by atoms with Crippen LogP contribution in [0.4, 0.5) is 4.79 Å². The van der Waals surface area contributed by atoms with Crippen LogP contribution in [0.2, 0.25) is 0 Å². The summed E-state index contributed by atoms with van der Waals surface area (Å²) in [6.07, 6.45) is 6.01. The fourth-order valence-electron chi connectivity index (χ4n) is 3.23. The molecule has 2 N–H and O–H groups in total. The third-order valence-corrected chi connectivity index (χ3v) is 4.53. The molecule has 1 aliphatic rings. The summed E-state index contributed by atoms with van der Waals surface area (Å²) in [5.41, 5.74) is 2.12. The van der Waals surface area contributed by atoms with Crippen LogP contribution in [0.15, 0.2) is 36.9 Å².